The Morgan fingerprint density at radius 3 is 2.88 bits per heavy atom. The van der Waals surface area contributed by atoms with Gasteiger partial charge in [0.15, 0.2) is 17.4 Å². The van der Waals surface area contributed by atoms with Gasteiger partial charge in [0, 0.05) is 35.0 Å². The van der Waals surface area contributed by atoms with Crippen LogP contribution >= 0.6 is 0 Å². The Hall–Kier alpha value is -3.75. The molecule has 1 saturated carbocycles. The molecule has 1 atom stereocenters. The molecule has 2 aliphatic rings. The first kappa shape index (κ1) is 19.9. The maximum Gasteiger partial charge on any atom is 0.166 e. The summed E-state index contributed by atoms with van der Waals surface area (Å²) < 4.78 is 24.4. The normalized spacial score (nSPS) is 17.2. The number of aromatic nitrogens is 6. The van der Waals surface area contributed by atoms with Crippen LogP contribution in [0.4, 0.5) is 10.2 Å². The molecule has 0 saturated heterocycles. The number of hydrogen-bond donors (Lipinski definition) is 1. The largest absolute Gasteiger partial charge is 0.482 e. The van der Waals surface area contributed by atoms with Gasteiger partial charge in [-0.05, 0) is 56.9 Å². The van der Waals surface area contributed by atoms with Gasteiger partial charge < -0.3 is 10.5 Å². The first-order chi connectivity index (χ1) is 16.0. The van der Waals surface area contributed by atoms with Crippen molar-refractivity contribution in [3.05, 3.63) is 59.4 Å². The second kappa shape index (κ2) is 7.40. The maximum atomic E-state index is 14.2. The Bertz CT molecular complexity index is 1370. The predicted octanol–water partition coefficient (Wildman–Crippen LogP) is 4.15. The lowest BCUT2D eigenvalue weighted by Gasteiger charge is -2.21. The van der Waals surface area contributed by atoms with E-state index in [-0.39, 0.29) is 11.6 Å². The minimum atomic E-state index is -0.489. The average Bonchev–Trinajstić information content (AvgIpc) is 3.40. The lowest BCUT2D eigenvalue weighted by atomic mass is 10.0. The fourth-order valence-corrected chi connectivity index (χ4v) is 4.55. The lowest BCUT2D eigenvalue weighted by molar-refractivity contribution is 0.227. The quantitative estimate of drug-likeness (QED) is 0.498. The van der Waals surface area contributed by atoms with Crippen LogP contribution in [-0.4, -0.2) is 29.5 Å². The molecule has 33 heavy (non-hydrogen) atoms. The van der Waals surface area contributed by atoms with Crippen molar-refractivity contribution in [1.29, 1.82) is 0 Å². The molecule has 1 fully saturated rings. The van der Waals surface area contributed by atoms with Crippen molar-refractivity contribution in [2.24, 2.45) is 5.92 Å². The van der Waals surface area contributed by atoms with Gasteiger partial charge in [0.1, 0.15) is 18.2 Å². The van der Waals surface area contributed by atoms with Crippen LogP contribution in [0.3, 0.4) is 0 Å². The molecule has 1 aromatic carbocycles. The lowest BCUT2D eigenvalue weighted by Crippen LogP contribution is -2.13. The van der Waals surface area contributed by atoms with E-state index in [9.17, 15) is 4.39 Å². The third-order valence-electron chi connectivity index (χ3n) is 6.45. The van der Waals surface area contributed by atoms with Gasteiger partial charge in [0.05, 0.1) is 17.9 Å². The second-order valence-electron chi connectivity index (χ2n) is 8.88. The summed E-state index contributed by atoms with van der Waals surface area (Å²) in [6.45, 7) is 5.22. The Morgan fingerprint density at radius 2 is 2.06 bits per heavy atom. The SMILES string of the molecule is Cc1nn(CC2CC2)c2c1Cn1ncnc1-c1ccc(F)cc1C(C)Oc1cc-2cnc1N. The Balaban J connectivity index is 1.61. The number of halogens is 1. The molecular formula is C24H24FN7O. The molecule has 1 aliphatic carbocycles. The summed E-state index contributed by atoms with van der Waals surface area (Å²) in [6.07, 6.45) is 5.24. The second-order valence-corrected chi connectivity index (χ2v) is 8.88. The molecule has 9 heteroatoms. The average molecular weight is 446 g/mol. The van der Waals surface area contributed by atoms with Crippen molar-refractivity contribution in [3.63, 3.8) is 0 Å². The summed E-state index contributed by atoms with van der Waals surface area (Å²) in [7, 11) is 0. The highest BCUT2D eigenvalue weighted by Crippen LogP contribution is 2.38. The third kappa shape index (κ3) is 3.44. The van der Waals surface area contributed by atoms with Crippen LogP contribution in [0.25, 0.3) is 22.6 Å². The van der Waals surface area contributed by atoms with Gasteiger partial charge in [0.25, 0.3) is 0 Å². The van der Waals surface area contributed by atoms with Crippen LogP contribution in [0, 0.1) is 18.7 Å². The van der Waals surface area contributed by atoms with Crippen LogP contribution in [0.2, 0.25) is 0 Å². The standard InChI is InChI=1S/C24H24FN7O/c1-13-20-11-32-24(28-12-29-32)18-6-5-17(25)8-19(18)14(2)33-21-7-16(9-27-23(21)26)22(20)31(30-13)10-15-3-4-15/h5-9,12,14-15H,3-4,10-11H2,1-2H3,(H2,26,27). The number of hydrogen-bond acceptors (Lipinski definition) is 6. The van der Waals surface area contributed by atoms with Crippen molar-refractivity contribution in [3.8, 4) is 28.4 Å². The number of nitrogens with zero attached hydrogens (tertiary/aromatic N) is 6. The van der Waals surface area contributed by atoms with Gasteiger partial charge in [0.2, 0.25) is 0 Å². The van der Waals surface area contributed by atoms with Crippen LogP contribution in [0.5, 0.6) is 5.75 Å². The maximum absolute atomic E-state index is 14.2. The highest BCUT2D eigenvalue weighted by Gasteiger charge is 2.28. The fraction of sp³-hybridized carbons (Fsp3) is 0.333. The molecule has 4 heterocycles. The summed E-state index contributed by atoms with van der Waals surface area (Å²) in [5, 5.41) is 9.37. The Kier molecular flexibility index (Phi) is 4.46. The summed E-state index contributed by atoms with van der Waals surface area (Å²) in [5.74, 6) is 1.70. The van der Waals surface area contributed by atoms with Crippen LogP contribution in [0.15, 0.2) is 36.8 Å². The molecule has 3 aromatic heterocycles. The fourth-order valence-electron chi connectivity index (χ4n) is 4.55. The number of pyridine rings is 1. The van der Waals surface area contributed by atoms with E-state index in [2.05, 4.69) is 19.7 Å². The van der Waals surface area contributed by atoms with Crippen molar-refractivity contribution in [1.82, 2.24) is 29.5 Å². The number of nitrogens with two attached hydrogens (primary N) is 1. The number of benzene rings is 1. The summed E-state index contributed by atoms with van der Waals surface area (Å²) >= 11 is 0. The number of rotatable bonds is 2. The third-order valence-corrected chi connectivity index (χ3v) is 6.45. The van der Waals surface area contributed by atoms with E-state index in [4.69, 9.17) is 15.6 Å². The van der Waals surface area contributed by atoms with E-state index in [1.807, 2.05) is 24.6 Å². The van der Waals surface area contributed by atoms with E-state index >= 15 is 0 Å². The van der Waals surface area contributed by atoms with E-state index in [1.54, 1.807) is 12.3 Å². The van der Waals surface area contributed by atoms with Crippen LogP contribution < -0.4 is 10.5 Å². The van der Waals surface area contributed by atoms with Gasteiger partial charge in [-0.3, -0.25) is 4.68 Å². The molecule has 0 radical (unpaired) electrons. The van der Waals surface area contributed by atoms with Gasteiger partial charge in [-0.25, -0.2) is 19.0 Å². The minimum Gasteiger partial charge on any atom is -0.482 e. The first-order valence-electron chi connectivity index (χ1n) is 11.1. The minimum absolute atomic E-state index is 0.287. The molecule has 2 N–H and O–H groups in total. The zero-order valence-corrected chi connectivity index (χ0v) is 18.5. The van der Waals surface area contributed by atoms with E-state index in [0.717, 1.165) is 34.6 Å². The number of nitrogen functional groups attached to an aromatic ring is 1. The highest BCUT2D eigenvalue weighted by molar-refractivity contribution is 5.69. The van der Waals surface area contributed by atoms with E-state index < -0.39 is 6.10 Å². The molecular weight excluding hydrogens is 421 g/mol. The summed E-state index contributed by atoms with van der Waals surface area (Å²) in [4.78, 5) is 8.93. The molecule has 0 amide bonds. The highest BCUT2D eigenvalue weighted by atomic mass is 19.1. The zero-order valence-electron chi connectivity index (χ0n) is 18.5. The molecule has 6 rings (SSSR count). The number of anilines is 1. The van der Waals surface area contributed by atoms with E-state index in [1.165, 1.54) is 31.3 Å². The Morgan fingerprint density at radius 1 is 1.21 bits per heavy atom. The molecule has 1 aliphatic heterocycles. The molecule has 0 spiro atoms. The van der Waals surface area contributed by atoms with E-state index in [0.29, 0.717) is 29.6 Å². The summed E-state index contributed by atoms with van der Waals surface area (Å²) in [6, 6.07) is 6.53. The monoisotopic (exact) mass is 445 g/mol. The predicted molar refractivity (Wildman–Crippen MR) is 121 cm³/mol. The zero-order chi connectivity index (χ0) is 22.7. The Labute approximate surface area is 190 Å². The van der Waals surface area contributed by atoms with Crippen molar-refractivity contribution in [2.75, 3.05) is 5.73 Å². The molecule has 168 valence electrons. The van der Waals surface area contributed by atoms with Crippen LogP contribution in [0.1, 0.15) is 42.7 Å². The first-order valence-corrected chi connectivity index (χ1v) is 11.1. The molecule has 1 unspecified atom stereocenters. The van der Waals surface area contributed by atoms with Gasteiger partial charge in [-0.2, -0.15) is 10.2 Å². The van der Waals surface area contributed by atoms with Crippen LogP contribution in [-0.2, 0) is 13.1 Å². The van der Waals surface area contributed by atoms with Crippen molar-refractivity contribution >= 4 is 5.82 Å². The smallest absolute Gasteiger partial charge is 0.166 e. The van der Waals surface area contributed by atoms with Crippen molar-refractivity contribution < 1.29 is 9.13 Å². The molecule has 4 aromatic rings. The van der Waals surface area contributed by atoms with Crippen molar-refractivity contribution in [2.45, 2.75) is 45.9 Å². The number of ether oxygens (including phenoxy) is 1. The number of fused-ring (bicyclic) bond motifs is 7. The summed E-state index contributed by atoms with van der Waals surface area (Å²) in [5.41, 5.74) is 11.4. The molecule has 8 nitrogen and oxygen atoms in total. The van der Waals surface area contributed by atoms with Gasteiger partial charge in [-0.15, -0.1) is 0 Å². The topological polar surface area (TPSA) is 96.7 Å². The van der Waals surface area contributed by atoms with Gasteiger partial charge >= 0.3 is 0 Å². The van der Waals surface area contributed by atoms with Gasteiger partial charge in [-0.1, -0.05) is 0 Å². The number of aryl methyl sites for hydroxylation is 1. The molecule has 2 bridgehead atoms.